The monoisotopic (exact) mass is 393 g/mol. The zero-order chi connectivity index (χ0) is 20.8. The van der Waals surface area contributed by atoms with Crippen LogP contribution >= 0.6 is 0 Å². The average Bonchev–Trinajstić information content (AvgIpc) is 3.15. The van der Waals surface area contributed by atoms with E-state index in [0.29, 0.717) is 31.0 Å². The zero-order valence-corrected chi connectivity index (χ0v) is 17.1. The molecule has 0 aliphatic carbocycles. The number of H-pyrrole nitrogens is 1. The largest absolute Gasteiger partial charge is 0.461 e. The predicted molar refractivity (Wildman–Crippen MR) is 114 cm³/mol. The van der Waals surface area contributed by atoms with E-state index in [1.165, 1.54) is 0 Å². The van der Waals surface area contributed by atoms with E-state index < -0.39 is 5.97 Å². The van der Waals surface area contributed by atoms with Crippen LogP contribution in [-0.2, 0) is 11.3 Å². The highest BCUT2D eigenvalue weighted by atomic mass is 16.5. The topological polar surface area (TPSA) is 65.6 Å². The number of nitrogens with zero attached hydrogens (tertiary/aromatic N) is 2. The molecule has 3 aromatic rings. The molecule has 0 bridgehead atoms. The van der Waals surface area contributed by atoms with Gasteiger partial charge in [-0.25, -0.2) is 4.79 Å². The fourth-order valence-corrected chi connectivity index (χ4v) is 3.14. The van der Waals surface area contributed by atoms with Crippen molar-refractivity contribution in [1.82, 2.24) is 14.8 Å². The maximum atomic E-state index is 13.3. The number of hydrogen-bond donors (Lipinski definition) is 1. The Balaban J connectivity index is 1.85. The van der Waals surface area contributed by atoms with Gasteiger partial charge >= 0.3 is 5.97 Å². The van der Waals surface area contributed by atoms with Gasteiger partial charge in [0.05, 0.1) is 6.61 Å². The van der Waals surface area contributed by atoms with Crippen molar-refractivity contribution in [3.05, 3.63) is 71.4 Å². The SMILES string of the molecule is CCOC(=O)c1cc2cc(C(=O)N(CCN(C)C)Cc3ccccc3)ccc2[nH]1. The third-order valence-electron chi connectivity index (χ3n) is 4.68. The second kappa shape index (κ2) is 9.39. The Labute approximate surface area is 171 Å². The minimum atomic E-state index is -0.395. The van der Waals surface area contributed by atoms with Crippen molar-refractivity contribution in [1.29, 1.82) is 0 Å². The van der Waals surface area contributed by atoms with Crippen LogP contribution in [0.2, 0.25) is 0 Å². The number of hydrogen-bond acceptors (Lipinski definition) is 4. The molecule has 0 saturated heterocycles. The fraction of sp³-hybridized carbons (Fsp3) is 0.304. The van der Waals surface area contributed by atoms with E-state index in [4.69, 9.17) is 4.74 Å². The molecular formula is C23H27N3O3. The summed E-state index contributed by atoms with van der Waals surface area (Å²) in [5.74, 6) is -0.426. The molecule has 2 aromatic carbocycles. The Hall–Kier alpha value is -3.12. The van der Waals surface area contributed by atoms with Crippen molar-refractivity contribution in [3.63, 3.8) is 0 Å². The molecule has 0 aliphatic heterocycles. The van der Waals surface area contributed by atoms with Gasteiger partial charge in [-0.1, -0.05) is 30.3 Å². The predicted octanol–water partition coefficient (Wildman–Crippen LogP) is 3.55. The van der Waals surface area contributed by atoms with Crippen LogP contribution < -0.4 is 0 Å². The molecular weight excluding hydrogens is 366 g/mol. The quantitative estimate of drug-likeness (QED) is 0.595. The Morgan fingerprint density at radius 3 is 2.45 bits per heavy atom. The van der Waals surface area contributed by atoms with Crippen molar-refractivity contribution < 1.29 is 14.3 Å². The van der Waals surface area contributed by atoms with Gasteiger partial charge < -0.3 is 19.5 Å². The second-order valence-electron chi connectivity index (χ2n) is 7.22. The van der Waals surface area contributed by atoms with Gasteiger partial charge in [-0.15, -0.1) is 0 Å². The lowest BCUT2D eigenvalue weighted by molar-refractivity contribution is 0.0520. The summed E-state index contributed by atoms with van der Waals surface area (Å²) in [4.78, 5) is 32.2. The number of ether oxygens (including phenoxy) is 1. The molecule has 6 nitrogen and oxygen atoms in total. The number of rotatable bonds is 8. The van der Waals surface area contributed by atoms with Crippen LogP contribution in [0.5, 0.6) is 0 Å². The lowest BCUT2D eigenvalue weighted by Gasteiger charge is -2.25. The van der Waals surface area contributed by atoms with Crippen LogP contribution in [0.25, 0.3) is 10.9 Å². The van der Waals surface area contributed by atoms with Gasteiger partial charge in [-0.2, -0.15) is 0 Å². The maximum absolute atomic E-state index is 13.3. The minimum absolute atomic E-state index is 0.0310. The molecule has 152 valence electrons. The summed E-state index contributed by atoms with van der Waals surface area (Å²) >= 11 is 0. The molecule has 0 fully saturated rings. The van der Waals surface area contributed by atoms with Crippen molar-refractivity contribution in [2.75, 3.05) is 33.8 Å². The first-order chi connectivity index (χ1) is 14.0. The highest BCUT2D eigenvalue weighted by Gasteiger charge is 2.18. The molecule has 6 heteroatoms. The van der Waals surface area contributed by atoms with Crippen LogP contribution in [0.3, 0.4) is 0 Å². The van der Waals surface area contributed by atoms with Gasteiger partial charge in [0.15, 0.2) is 0 Å². The molecule has 0 radical (unpaired) electrons. The second-order valence-corrected chi connectivity index (χ2v) is 7.22. The number of amides is 1. The Bertz CT molecular complexity index is 979. The molecule has 0 saturated carbocycles. The van der Waals surface area contributed by atoms with Gasteiger partial charge in [-0.05, 0) is 50.8 Å². The third kappa shape index (κ3) is 5.23. The van der Waals surface area contributed by atoms with Crippen molar-refractivity contribution in [3.8, 4) is 0 Å². The number of carbonyl (C=O) groups is 2. The summed E-state index contributed by atoms with van der Waals surface area (Å²) in [7, 11) is 3.99. The molecule has 29 heavy (non-hydrogen) atoms. The van der Waals surface area contributed by atoms with Crippen LogP contribution in [0.15, 0.2) is 54.6 Å². The van der Waals surface area contributed by atoms with E-state index in [1.807, 2.05) is 61.5 Å². The lowest BCUT2D eigenvalue weighted by Crippen LogP contribution is -2.36. The molecule has 0 unspecified atom stereocenters. The van der Waals surface area contributed by atoms with Gasteiger partial charge in [0.25, 0.3) is 5.91 Å². The normalized spacial score (nSPS) is 11.0. The number of nitrogens with one attached hydrogen (secondary N) is 1. The van der Waals surface area contributed by atoms with Crippen molar-refractivity contribution in [2.24, 2.45) is 0 Å². The smallest absolute Gasteiger partial charge is 0.354 e. The first-order valence-corrected chi connectivity index (χ1v) is 9.75. The standard InChI is InChI=1S/C23H27N3O3/c1-4-29-23(28)21-15-19-14-18(10-11-20(19)24-21)22(27)26(13-12-25(2)3)16-17-8-6-5-7-9-17/h5-11,14-15,24H,4,12-13,16H2,1-3H3. The van der Waals surface area contributed by atoms with Crippen LogP contribution in [-0.4, -0.2) is 60.5 Å². The van der Waals surface area contributed by atoms with Crippen molar-refractivity contribution in [2.45, 2.75) is 13.5 Å². The van der Waals surface area contributed by atoms with E-state index in [2.05, 4.69) is 9.88 Å². The molecule has 3 rings (SSSR count). The van der Waals surface area contributed by atoms with Crippen LogP contribution in [0.4, 0.5) is 0 Å². The molecule has 0 aliphatic rings. The summed E-state index contributed by atoms with van der Waals surface area (Å²) in [6, 6.07) is 17.2. The number of likely N-dealkylation sites (N-methyl/N-ethyl adjacent to an activating group) is 1. The number of esters is 1. The molecule has 1 N–H and O–H groups in total. The molecule has 0 atom stereocenters. The lowest BCUT2D eigenvalue weighted by atomic mass is 10.1. The Morgan fingerprint density at radius 2 is 1.76 bits per heavy atom. The summed E-state index contributed by atoms with van der Waals surface area (Å²) in [6.45, 7) is 4.04. The van der Waals surface area contributed by atoms with Gasteiger partial charge in [0, 0.05) is 36.1 Å². The highest BCUT2D eigenvalue weighted by molar-refractivity contribution is 6.00. The number of aromatic nitrogens is 1. The first-order valence-electron chi connectivity index (χ1n) is 9.75. The highest BCUT2D eigenvalue weighted by Crippen LogP contribution is 2.20. The number of aromatic amines is 1. The van der Waals surface area contributed by atoms with E-state index >= 15 is 0 Å². The number of carbonyl (C=O) groups excluding carboxylic acids is 2. The Morgan fingerprint density at radius 1 is 1.00 bits per heavy atom. The molecule has 1 amide bonds. The molecule has 0 spiro atoms. The number of benzene rings is 2. The minimum Gasteiger partial charge on any atom is -0.461 e. The summed E-state index contributed by atoms with van der Waals surface area (Å²) in [6.07, 6.45) is 0. The van der Waals surface area contributed by atoms with E-state index in [-0.39, 0.29) is 5.91 Å². The molecule has 1 aromatic heterocycles. The third-order valence-corrected chi connectivity index (χ3v) is 4.68. The summed E-state index contributed by atoms with van der Waals surface area (Å²) in [5.41, 5.74) is 2.88. The van der Waals surface area contributed by atoms with Crippen LogP contribution in [0.1, 0.15) is 33.3 Å². The molecule has 1 heterocycles. The maximum Gasteiger partial charge on any atom is 0.354 e. The van der Waals surface area contributed by atoms with Crippen LogP contribution in [0, 0.1) is 0 Å². The van der Waals surface area contributed by atoms with Gasteiger partial charge in [0.2, 0.25) is 0 Å². The summed E-state index contributed by atoms with van der Waals surface area (Å²) < 4.78 is 5.04. The summed E-state index contributed by atoms with van der Waals surface area (Å²) in [5, 5.41) is 0.811. The fourth-order valence-electron chi connectivity index (χ4n) is 3.14. The van der Waals surface area contributed by atoms with E-state index in [0.717, 1.165) is 23.0 Å². The average molecular weight is 393 g/mol. The van der Waals surface area contributed by atoms with Crippen molar-refractivity contribution >= 4 is 22.8 Å². The van der Waals surface area contributed by atoms with Gasteiger partial charge in [0.1, 0.15) is 5.69 Å². The Kier molecular flexibility index (Phi) is 6.67. The van der Waals surface area contributed by atoms with E-state index in [1.54, 1.807) is 19.1 Å². The van der Waals surface area contributed by atoms with E-state index in [9.17, 15) is 9.59 Å². The van der Waals surface area contributed by atoms with Gasteiger partial charge in [-0.3, -0.25) is 4.79 Å². The zero-order valence-electron chi connectivity index (χ0n) is 17.1. The number of fused-ring (bicyclic) bond motifs is 1. The first kappa shape index (κ1) is 20.6.